The van der Waals surface area contributed by atoms with E-state index in [2.05, 4.69) is 36.2 Å². The standard InChI is InChI=1S/C22H26N4O2/c1-22(2,3)17-5-7-19(8-6-17)28-15-21(27)24-14-18-13-20(26(4)25-18)16-9-11-23-12-10-16/h5-13H,14-15H2,1-4H3,(H,24,27). The minimum absolute atomic E-state index is 0.0289. The van der Waals surface area contributed by atoms with Gasteiger partial charge in [0.2, 0.25) is 0 Å². The van der Waals surface area contributed by atoms with Gasteiger partial charge in [-0.05, 0) is 41.3 Å². The van der Waals surface area contributed by atoms with Gasteiger partial charge in [0, 0.05) is 25.0 Å². The van der Waals surface area contributed by atoms with E-state index in [0.29, 0.717) is 12.3 Å². The largest absolute Gasteiger partial charge is 0.484 e. The minimum Gasteiger partial charge on any atom is -0.484 e. The van der Waals surface area contributed by atoms with Gasteiger partial charge in [0.15, 0.2) is 6.61 Å². The molecule has 0 spiro atoms. The smallest absolute Gasteiger partial charge is 0.258 e. The van der Waals surface area contributed by atoms with Crippen molar-refractivity contribution < 1.29 is 9.53 Å². The number of rotatable bonds is 6. The Balaban J connectivity index is 1.51. The van der Waals surface area contributed by atoms with Gasteiger partial charge in [-0.3, -0.25) is 14.5 Å². The summed E-state index contributed by atoms with van der Waals surface area (Å²) in [6.07, 6.45) is 3.49. The number of aryl methyl sites for hydroxylation is 1. The molecule has 2 aromatic heterocycles. The molecule has 0 fully saturated rings. The number of pyridine rings is 1. The first-order valence-corrected chi connectivity index (χ1v) is 9.26. The zero-order valence-corrected chi connectivity index (χ0v) is 16.8. The van der Waals surface area contributed by atoms with Crippen LogP contribution in [0.5, 0.6) is 5.75 Å². The lowest BCUT2D eigenvalue weighted by molar-refractivity contribution is -0.123. The highest BCUT2D eigenvalue weighted by molar-refractivity contribution is 5.77. The average molecular weight is 378 g/mol. The molecular formula is C22H26N4O2. The van der Waals surface area contributed by atoms with Gasteiger partial charge in [0.05, 0.1) is 17.9 Å². The third kappa shape index (κ3) is 4.97. The number of hydrogen-bond donors (Lipinski definition) is 1. The highest BCUT2D eigenvalue weighted by Gasteiger charge is 2.13. The summed E-state index contributed by atoms with van der Waals surface area (Å²) in [7, 11) is 1.88. The Kier molecular flexibility index (Phi) is 5.78. The molecule has 0 saturated heterocycles. The molecule has 146 valence electrons. The summed E-state index contributed by atoms with van der Waals surface area (Å²) in [5.74, 6) is 0.497. The molecule has 1 aromatic carbocycles. The molecule has 0 saturated carbocycles. The van der Waals surface area contributed by atoms with Crippen molar-refractivity contribution in [1.29, 1.82) is 0 Å². The SMILES string of the molecule is Cn1nc(CNC(=O)COc2ccc(C(C)(C)C)cc2)cc1-c1ccncc1. The first kappa shape index (κ1) is 19.6. The van der Waals surface area contributed by atoms with Gasteiger partial charge in [-0.15, -0.1) is 0 Å². The summed E-state index contributed by atoms with van der Waals surface area (Å²) in [4.78, 5) is 16.1. The molecule has 0 unspecified atom stereocenters. The van der Waals surface area contributed by atoms with Crippen LogP contribution >= 0.6 is 0 Å². The van der Waals surface area contributed by atoms with E-state index in [0.717, 1.165) is 17.0 Å². The van der Waals surface area contributed by atoms with Gasteiger partial charge in [-0.2, -0.15) is 5.10 Å². The molecule has 6 heteroatoms. The maximum absolute atomic E-state index is 12.1. The number of nitrogens with zero attached hydrogens (tertiary/aromatic N) is 3. The molecular weight excluding hydrogens is 352 g/mol. The molecule has 0 aliphatic heterocycles. The number of carbonyl (C=O) groups excluding carboxylic acids is 1. The number of amides is 1. The fourth-order valence-electron chi connectivity index (χ4n) is 2.85. The molecule has 0 atom stereocenters. The topological polar surface area (TPSA) is 69.0 Å². The first-order valence-electron chi connectivity index (χ1n) is 9.26. The lowest BCUT2D eigenvalue weighted by Gasteiger charge is -2.19. The van der Waals surface area contributed by atoms with E-state index in [9.17, 15) is 4.79 Å². The van der Waals surface area contributed by atoms with Crippen molar-refractivity contribution >= 4 is 5.91 Å². The number of nitrogens with one attached hydrogen (secondary N) is 1. The molecule has 1 N–H and O–H groups in total. The Hall–Kier alpha value is -3.15. The Bertz CT molecular complexity index is 925. The van der Waals surface area contributed by atoms with Crippen LogP contribution in [0.1, 0.15) is 32.0 Å². The van der Waals surface area contributed by atoms with Crippen LogP contribution in [0, 0.1) is 0 Å². The summed E-state index contributed by atoms with van der Waals surface area (Å²) in [6.45, 7) is 6.80. The van der Waals surface area contributed by atoms with E-state index in [1.54, 1.807) is 17.1 Å². The summed E-state index contributed by atoms with van der Waals surface area (Å²) in [5.41, 5.74) is 4.11. The van der Waals surface area contributed by atoms with Gasteiger partial charge >= 0.3 is 0 Å². The fourth-order valence-corrected chi connectivity index (χ4v) is 2.85. The van der Waals surface area contributed by atoms with Crippen LogP contribution in [-0.2, 0) is 23.8 Å². The molecule has 1 amide bonds. The zero-order chi connectivity index (χ0) is 20.1. The van der Waals surface area contributed by atoms with Gasteiger partial charge < -0.3 is 10.1 Å². The molecule has 0 aliphatic rings. The Morgan fingerprint density at radius 2 is 1.79 bits per heavy atom. The van der Waals surface area contributed by atoms with Crippen molar-refractivity contribution in [3.8, 4) is 17.0 Å². The normalized spacial score (nSPS) is 11.3. The van der Waals surface area contributed by atoms with E-state index in [1.165, 1.54) is 5.56 Å². The van der Waals surface area contributed by atoms with Gasteiger partial charge in [0.25, 0.3) is 5.91 Å². The van der Waals surface area contributed by atoms with Crippen LogP contribution in [0.25, 0.3) is 11.3 Å². The van der Waals surface area contributed by atoms with Crippen molar-refractivity contribution in [2.24, 2.45) is 7.05 Å². The zero-order valence-electron chi connectivity index (χ0n) is 16.8. The predicted molar refractivity (Wildman–Crippen MR) is 109 cm³/mol. The van der Waals surface area contributed by atoms with E-state index >= 15 is 0 Å². The highest BCUT2D eigenvalue weighted by Crippen LogP contribution is 2.24. The third-order valence-corrected chi connectivity index (χ3v) is 4.46. The first-order chi connectivity index (χ1) is 13.3. The van der Waals surface area contributed by atoms with E-state index in [1.807, 2.05) is 49.5 Å². The highest BCUT2D eigenvalue weighted by atomic mass is 16.5. The van der Waals surface area contributed by atoms with Crippen LogP contribution in [-0.4, -0.2) is 27.3 Å². The summed E-state index contributed by atoms with van der Waals surface area (Å²) < 4.78 is 7.37. The van der Waals surface area contributed by atoms with Gasteiger partial charge in [-0.1, -0.05) is 32.9 Å². The molecule has 3 aromatic rings. The predicted octanol–water partition coefficient (Wildman–Crippen LogP) is 3.47. The van der Waals surface area contributed by atoms with Gasteiger partial charge in [-0.25, -0.2) is 0 Å². The molecule has 0 aliphatic carbocycles. The molecule has 6 nitrogen and oxygen atoms in total. The molecule has 0 bridgehead atoms. The van der Waals surface area contributed by atoms with Crippen molar-refractivity contribution in [3.63, 3.8) is 0 Å². The Morgan fingerprint density at radius 1 is 1.11 bits per heavy atom. The summed E-state index contributed by atoms with van der Waals surface area (Å²) >= 11 is 0. The Labute approximate surface area is 165 Å². The number of benzene rings is 1. The van der Waals surface area contributed by atoms with Crippen LogP contribution in [0.4, 0.5) is 0 Å². The number of carbonyl (C=O) groups is 1. The van der Waals surface area contributed by atoms with Crippen LogP contribution in [0.15, 0.2) is 54.9 Å². The monoisotopic (exact) mass is 378 g/mol. The van der Waals surface area contributed by atoms with E-state index in [-0.39, 0.29) is 17.9 Å². The van der Waals surface area contributed by atoms with Crippen molar-refractivity contribution in [1.82, 2.24) is 20.1 Å². The molecule has 28 heavy (non-hydrogen) atoms. The Morgan fingerprint density at radius 3 is 2.43 bits per heavy atom. The lowest BCUT2D eigenvalue weighted by Crippen LogP contribution is -2.28. The second-order valence-electron chi connectivity index (χ2n) is 7.72. The van der Waals surface area contributed by atoms with Crippen molar-refractivity contribution in [3.05, 3.63) is 66.1 Å². The second kappa shape index (κ2) is 8.25. The maximum atomic E-state index is 12.1. The quantitative estimate of drug-likeness (QED) is 0.713. The minimum atomic E-state index is -0.184. The van der Waals surface area contributed by atoms with Crippen molar-refractivity contribution in [2.45, 2.75) is 32.7 Å². The van der Waals surface area contributed by atoms with E-state index in [4.69, 9.17) is 4.74 Å². The van der Waals surface area contributed by atoms with Crippen LogP contribution < -0.4 is 10.1 Å². The summed E-state index contributed by atoms with van der Waals surface area (Å²) in [6, 6.07) is 13.7. The average Bonchev–Trinajstić information content (AvgIpc) is 3.06. The molecule has 2 heterocycles. The second-order valence-corrected chi connectivity index (χ2v) is 7.72. The van der Waals surface area contributed by atoms with Crippen molar-refractivity contribution in [2.75, 3.05) is 6.61 Å². The lowest BCUT2D eigenvalue weighted by atomic mass is 9.87. The number of ether oxygens (including phenoxy) is 1. The third-order valence-electron chi connectivity index (χ3n) is 4.46. The van der Waals surface area contributed by atoms with Crippen LogP contribution in [0.2, 0.25) is 0 Å². The van der Waals surface area contributed by atoms with Crippen LogP contribution in [0.3, 0.4) is 0 Å². The number of aromatic nitrogens is 3. The van der Waals surface area contributed by atoms with E-state index < -0.39 is 0 Å². The number of hydrogen-bond acceptors (Lipinski definition) is 4. The maximum Gasteiger partial charge on any atom is 0.258 e. The van der Waals surface area contributed by atoms with Gasteiger partial charge in [0.1, 0.15) is 5.75 Å². The molecule has 0 radical (unpaired) electrons. The summed E-state index contributed by atoms with van der Waals surface area (Å²) in [5, 5.41) is 7.30. The fraction of sp³-hybridized carbons (Fsp3) is 0.318. The molecule has 3 rings (SSSR count).